The standard InChI is InChI=1S/C15H22F2N2O2.ClH/c1-10(2)13(18)6-7-19(3)15(20)9-21-14-5-4-11(16)8-12(14)17;/h4-5,8,10,13H,6-7,9,18H2,1-3H3;1H. The monoisotopic (exact) mass is 336 g/mol. The van der Waals surface area contributed by atoms with E-state index in [9.17, 15) is 13.6 Å². The van der Waals surface area contributed by atoms with Crippen molar-refractivity contribution in [3.05, 3.63) is 29.8 Å². The van der Waals surface area contributed by atoms with E-state index >= 15 is 0 Å². The molecule has 1 aromatic rings. The van der Waals surface area contributed by atoms with Gasteiger partial charge in [-0.1, -0.05) is 13.8 Å². The van der Waals surface area contributed by atoms with Crippen molar-refractivity contribution >= 4 is 18.3 Å². The lowest BCUT2D eigenvalue weighted by Crippen LogP contribution is -2.36. The Morgan fingerprint density at radius 2 is 2.00 bits per heavy atom. The van der Waals surface area contributed by atoms with Crippen molar-refractivity contribution in [1.29, 1.82) is 0 Å². The van der Waals surface area contributed by atoms with Crippen molar-refractivity contribution < 1.29 is 18.3 Å². The van der Waals surface area contributed by atoms with E-state index in [1.54, 1.807) is 7.05 Å². The Kier molecular flexibility index (Phi) is 8.97. The van der Waals surface area contributed by atoms with Gasteiger partial charge in [-0.3, -0.25) is 4.79 Å². The first-order valence-electron chi connectivity index (χ1n) is 6.88. The lowest BCUT2D eigenvalue weighted by atomic mass is 10.0. The van der Waals surface area contributed by atoms with E-state index in [1.807, 2.05) is 13.8 Å². The average Bonchev–Trinajstić information content (AvgIpc) is 2.42. The molecule has 0 aromatic heterocycles. The minimum absolute atomic E-state index is 0. The Balaban J connectivity index is 0.00000441. The average molecular weight is 337 g/mol. The summed E-state index contributed by atoms with van der Waals surface area (Å²) < 4.78 is 31.1. The SMILES string of the molecule is CC(C)C(N)CCN(C)C(=O)COc1ccc(F)cc1F.Cl. The molecule has 0 spiro atoms. The largest absolute Gasteiger partial charge is 0.481 e. The third-order valence-corrected chi connectivity index (χ3v) is 3.32. The zero-order valence-electron chi connectivity index (χ0n) is 13.0. The zero-order chi connectivity index (χ0) is 16.0. The maximum atomic E-state index is 13.3. The fourth-order valence-corrected chi connectivity index (χ4v) is 1.64. The number of ether oxygens (including phenoxy) is 1. The molecule has 4 nitrogen and oxygen atoms in total. The van der Waals surface area contributed by atoms with Gasteiger partial charge in [0.2, 0.25) is 0 Å². The molecule has 0 heterocycles. The molecule has 1 atom stereocenters. The summed E-state index contributed by atoms with van der Waals surface area (Å²) in [6.45, 7) is 4.25. The molecule has 22 heavy (non-hydrogen) atoms. The molecule has 0 saturated heterocycles. The predicted molar refractivity (Wildman–Crippen MR) is 84.2 cm³/mol. The van der Waals surface area contributed by atoms with E-state index < -0.39 is 11.6 Å². The molecule has 126 valence electrons. The van der Waals surface area contributed by atoms with E-state index in [0.29, 0.717) is 24.9 Å². The quantitative estimate of drug-likeness (QED) is 0.832. The summed E-state index contributed by atoms with van der Waals surface area (Å²) in [5.74, 6) is -1.59. The van der Waals surface area contributed by atoms with Crippen LogP contribution in [0.1, 0.15) is 20.3 Å². The molecule has 0 radical (unpaired) electrons. The predicted octanol–water partition coefficient (Wildman–Crippen LogP) is 2.60. The molecule has 0 bridgehead atoms. The van der Waals surface area contributed by atoms with Crippen LogP contribution in [-0.4, -0.2) is 37.0 Å². The molecule has 0 aliphatic rings. The van der Waals surface area contributed by atoms with Gasteiger partial charge in [0.05, 0.1) is 0 Å². The molecule has 7 heteroatoms. The highest BCUT2D eigenvalue weighted by molar-refractivity contribution is 5.85. The maximum Gasteiger partial charge on any atom is 0.260 e. The van der Waals surface area contributed by atoms with Crippen LogP contribution in [0.5, 0.6) is 5.75 Å². The first kappa shape index (κ1) is 20.6. The van der Waals surface area contributed by atoms with Gasteiger partial charge in [-0.15, -0.1) is 12.4 Å². The summed E-state index contributed by atoms with van der Waals surface area (Å²) in [5, 5.41) is 0. The number of hydrogen-bond donors (Lipinski definition) is 1. The van der Waals surface area contributed by atoms with Gasteiger partial charge in [-0.25, -0.2) is 8.78 Å². The number of hydrogen-bond acceptors (Lipinski definition) is 3. The van der Waals surface area contributed by atoms with Crippen LogP contribution < -0.4 is 10.5 Å². The van der Waals surface area contributed by atoms with E-state index in [0.717, 1.165) is 12.1 Å². The van der Waals surface area contributed by atoms with Gasteiger partial charge >= 0.3 is 0 Å². The first-order valence-corrected chi connectivity index (χ1v) is 6.88. The molecule has 0 aliphatic heterocycles. The number of carbonyl (C=O) groups excluding carboxylic acids is 1. The summed E-state index contributed by atoms with van der Waals surface area (Å²) in [7, 11) is 1.64. The van der Waals surface area contributed by atoms with Crippen molar-refractivity contribution in [1.82, 2.24) is 4.90 Å². The number of rotatable bonds is 7. The topological polar surface area (TPSA) is 55.6 Å². The molecule has 0 aliphatic carbocycles. The fraction of sp³-hybridized carbons (Fsp3) is 0.533. The summed E-state index contributed by atoms with van der Waals surface area (Å²) in [6.07, 6.45) is 0.685. The molecule has 1 amide bonds. The van der Waals surface area contributed by atoms with Crippen LogP contribution in [0, 0.1) is 17.6 Å². The highest BCUT2D eigenvalue weighted by Crippen LogP contribution is 2.17. The van der Waals surface area contributed by atoms with Crippen molar-refractivity contribution in [2.24, 2.45) is 11.7 Å². The Hall–Kier alpha value is -1.40. The zero-order valence-corrected chi connectivity index (χ0v) is 13.8. The number of benzene rings is 1. The van der Waals surface area contributed by atoms with E-state index in [1.165, 1.54) is 4.90 Å². The number of halogens is 3. The molecule has 0 fully saturated rings. The minimum Gasteiger partial charge on any atom is -0.481 e. The highest BCUT2D eigenvalue weighted by atomic mass is 35.5. The second-order valence-corrected chi connectivity index (χ2v) is 5.38. The Labute approximate surface area is 136 Å². The van der Waals surface area contributed by atoms with Crippen LogP contribution in [0.15, 0.2) is 18.2 Å². The number of likely N-dealkylation sites (N-methyl/N-ethyl adjacent to an activating group) is 1. The lowest BCUT2D eigenvalue weighted by Gasteiger charge is -2.21. The summed E-state index contributed by atoms with van der Waals surface area (Å²) in [4.78, 5) is 13.3. The summed E-state index contributed by atoms with van der Waals surface area (Å²) in [5.41, 5.74) is 5.91. The van der Waals surface area contributed by atoms with Crippen molar-refractivity contribution in [2.75, 3.05) is 20.2 Å². The molecular formula is C15H23ClF2N2O2. The van der Waals surface area contributed by atoms with Gasteiger partial charge in [0, 0.05) is 25.7 Å². The van der Waals surface area contributed by atoms with Crippen LogP contribution in [0.4, 0.5) is 8.78 Å². The van der Waals surface area contributed by atoms with Crippen LogP contribution in [0.25, 0.3) is 0 Å². The van der Waals surface area contributed by atoms with E-state index in [4.69, 9.17) is 10.5 Å². The van der Waals surface area contributed by atoms with Crippen LogP contribution in [0.2, 0.25) is 0 Å². The lowest BCUT2D eigenvalue weighted by molar-refractivity contribution is -0.132. The molecule has 2 N–H and O–H groups in total. The smallest absolute Gasteiger partial charge is 0.260 e. The van der Waals surface area contributed by atoms with Crippen LogP contribution in [0.3, 0.4) is 0 Å². The molecule has 1 unspecified atom stereocenters. The normalized spacial score (nSPS) is 11.8. The van der Waals surface area contributed by atoms with Gasteiger partial charge in [-0.2, -0.15) is 0 Å². The van der Waals surface area contributed by atoms with Gasteiger partial charge in [-0.05, 0) is 24.5 Å². The van der Waals surface area contributed by atoms with Gasteiger partial charge in [0.15, 0.2) is 18.2 Å². The molecule has 1 aromatic carbocycles. The second-order valence-electron chi connectivity index (χ2n) is 5.38. The highest BCUT2D eigenvalue weighted by Gasteiger charge is 2.14. The maximum absolute atomic E-state index is 13.3. The molecular weight excluding hydrogens is 314 g/mol. The molecule has 0 saturated carbocycles. The number of amides is 1. The minimum atomic E-state index is -0.827. The van der Waals surface area contributed by atoms with E-state index in [-0.39, 0.29) is 36.7 Å². The Morgan fingerprint density at radius 1 is 1.36 bits per heavy atom. The summed E-state index contributed by atoms with van der Waals surface area (Å²) in [6, 6.07) is 2.97. The Morgan fingerprint density at radius 3 is 2.55 bits per heavy atom. The number of nitrogens with zero attached hydrogens (tertiary/aromatic N) is 1. The van der Waals surface area contributed by atoms with Gasteiger partial charge in [0.1, 0.15) is 5.82 Å². The second kappa shape index (κ2) is 9.58. The van der Waals surface area contributed by atoms with Crippen molar-refractivity contribution in [3.63, 3.8) is 0 Å². The van der Waals surface area contributed by atoms with Crippen LogP contribution in [-0.2, 0) is 4.79 Å². The summed E-state index contributed by atoms with van der Waals surface area (Å²) >= 11 is 0. The van der Waals surface area contributed by atoms with Crippen molar-refractivity contribution in [3.8, 4) is 5.75 Å². The Bertz CT molecular complexity index is 487. The molecule has 1 rings (SSSR count). The van der Waals surface area contributed by atoms with Gasteiger partial charge < -0.3 is 15.4 Å². The van der Waals surface area contributed by atoms with Crippen LogP contribution >= 0.6 is 12.4 Å². The van der Waals surface area contributed by atoms with Crippen molar-refractivity contribution in [2.45, 2.75) is 26.3 Å². The fourth-order valence-electron chi connectivity index (χ4n) is 1.64. The van der Waals surface area contributed by atoms with Gasteiger partial charge in [0.25, 0.3) is 5.91 Å². The number of carbonyl (C=O) groups is 1. The third kappa shape index (κ3) is 6.58. The number of nitrogens with two attached hydrogens (primary N) is 1. The van der Waals surface area contributed by atoms with E-state index in [2.05, 4.69) is 0 Å². The first-order chi connectivity index (χ1) is 9.81. The third-order valence-electron chi connectivity index (χ3n) is 3.32.